The summed E-state index contributed by atoms with van der Waals surface area (Å²) in [5.41, 5.74) is 2.18. The van der Waals surface area contributed by atoms with Crippen LogP contribution in [0.4, 0.5) is 0 Å². The highest BCUT2D eigenvalue weighted by molar-refractivity contribution is 5.83. The van der Waals surface area contributed by atoms with Gasteiger partial charge in [0.1, 0.15) is 0 Å². The van der Waals surface area contributed by atoms with Gasteiger partial charge >= 0.3 is 5.97 Å². The maximum atomic E-state index is 10.5. The molecule has 16 heavy (non-hydrogen) atoms. The first-order valence-corrected chi connectivity index (χ1v) is 4.99. The predicted molar refractivity (Wildman–Crippen MR) is 61.8 cm³/mol. The number of pyridine rings is 1. The van der Waals surface area contributed by atoms with Crippen LogP contribution < -0.4 is 4.57 Å². The highest BCUT2D eigenvalue weighted by Gasteiger charge is 2.07. The van der Waals surface area contributed by atoms with E-state index in [0.29, 0.717) is 0 Å². The fraction of sp³-hybridized carbons (Fsp3) is 0.0769. The molecule has 0 fully saturated rings. The minimum absolute atomic E-state index is 0.947. The molecule has 0 aliphatic carbocycles. The van der Waals surface area contributed by atoms with Gasteiger partial charge in [-0.15, -0.1) is 0 Å². The number of aromatic nitrogens is 1. The van der Waals surface area contributed by atoms with E-state index in [1.807, 2.05) is 43.5 Å². The molecule has 1 aromatic carbocycles. The maximum absolute atomic E-state index is 10.5. The van der Waals surface area contributed by atoms with Gasteiger partial charge in [-0.1, -0.05) is 12.1 Å². The van der Waals surface area contributed by atoms with Gasteiger partial charge in [-0.2, -0.15) is 4.57 Å². The van der Waals surface area contributed by atoms with E-state index in [-0.39, 0.29) is 0 Å². The van der Waals surface area contributed by atoms with Crippen molar-refractivity contribution >= 4 is 23.1 Å². The Balaban J connectivity index is 2.63. The van der Waals surface area contributed by atoms with Gasteiger partial charge in [0.25, 0.3) is 0 Å². The van der Waals surface area contributed by atoms with Crippen molar-refractivity contribution in [2.24, 2.45) is 0 Å². The molecule has 80 valence electrons. The Bertz CT molecular complexity index is 573. The third kappa shape index (κ3) is 1.93. The number of rotatable bonds is 2. The number of carboxylic acids is 1. The van der Waals surface area contributed by atoms with Gasteiger partial charge in [0.05, 0.1) is 6.08 Å². The standard InChI is InChI=1S/C13H11NO2/c1-10-6-8-14(9-7-13(15)16)12-5-3-2-4-11(10)12/h2-9H,1H3/p+1/b9-7+. The fourth-order valence-corrected chi connectivity index (χ4v) is 1.67. The summed E-state index contributed by atoms with van der Waals surface area (Å²) in [6, 6.07) is 9.87. The van der Waals surface area contributed by atoms with Crippen molar-refractivity contribution in [3.63, 3.8) is 0 Å². The Kier molecular flexibility index (Phi) is 2.68. The zero-order valence-electron chi connectivity index (χ0n) is 8.92. The number of benzene rings is 1. The van der Waals surface area contributed by atoms with Crippen LogP contribution in [-0.4, -0.2) is 11.1 Å². The average Bonchev–Trinajstić information content (AvgIpc) is 2.28. The molecular formula is C13H12NO2+. The third-order valence-corrected chi connectivity index (χ3v) is 2.47. The Morgan fingerprint density at radius 3 is 2.81 bits per heavy atom. The Labute approximate surface area is 93.3 Å². The molecule has 0 saturated heterocycles. The van der Waals surface area contributed by atoms with Crippen LogP contribution in [-0.2, 0) is 4.79 Å². The van der Waals surface area contributed by atoms with Crippen molar-refractivity contribution in [3.8, 4) is 0 Å². The van der Waals surface area contributed by atoms with Gasteiger partial charge in [0.15, 0.2) is 12.4 Å². The van der Waals surface area contributed by atoms with E-state index in [4.69, 9.17) is 5.11 Å². The normalized spacial score (nSPS) is 11.1. The van der Waals surface area contributed by atoms with E-state index in [1.165, 1.54) is 5.56 Å². The maximum Gasteiger partial charge on any atom is 0.334 e. The molecular weight excluding hydrogens is 202 g/mol. The number of carboxylic acid groups (broad SMARTS) is 1. The topological polar surface area (TPSA) is 41.2 Å². The van der Waals surface area contributed by atoms with E-state index in [1.54, 1.807) is 10.8 Å². The summed E-state index contributed by atoms with van der Waals surface area (Å²) in [4.78, 5) is 10.5. The predicted octanol–water partition coefficient (Wildman–Crippen LogP) is 1.99. The monoisotopic (exact) mass is 214 g/mol. The molecule has 1 aromatic heterocycles. The number of aliphatic carboxylic acids is 1. The fourth-order valence-electron chi connectivity index (χ4n) is 1.67. The Morgan fingerprint density at radius 1 is 1.31 bits per heavy atom. The van der Waals surface area contributed by atoms with Crippen molar-refractivity contribution in [1.82, 2.24) is 0 Å². The lowest BCUT2D eigenvalue weighted by Crippen LogP contribution is -2.26. The highest BCUT2D eigenvalue weighted by atomic mass is 16.4. The summed E-state index contributed by atoms with van der Waals surface area (Å²) >= 11 is 0. The summed E-state index contributed by atoms with van der Waals surface area (Å²) in [5.74, 6) is -0.947. The second kappa shape index (κ2) is 4.14. The van der Waals surface area contributed by atoms with Crippen LogP contribution in [0.3, 0.4) is 0 Å². The number of hydrogen-bond donors (Lipinski definition) is 1. The summed E-state index contributed by atoms with van der Waals surface area (Å²) < 4.78 is 1.80. The van der Waals surface area contributed by atoms with E-state index >= 15 is 0 Å². The second-order valence-corrected chi connectivity index (χ2v) is 3.58. The number of fused-ring (bicyclic) bond motifs is 1. The van der Waals surface area contributed by atoms with E-state index in [0.717, 1.165) is 17.0 Å². The highest BCUT2D eigenvalue weighted by Crippen LogP contribution is 2.13. The zero-order valence-corrected chi connectivity index (χ0v) is 8.92. The molecule has 0 spiro atoms. The quantitative estimate of drug-likeness (QED) is 0.613. The number of carbonyl (C=O) groups is 1. The van der Waals surface area contributed by atoms with E-state index in [2.05, 4.69) is 0 Å². The summed E-state index contributed by atoms with van der Waals surface area (Å²) in [6.07, 6.45) is 4.53. The van der Waals surface area contributed by atoms with Crippen LogP contribution in [0, 0.1) is 6.92 Å². The average molecular weight is 214 g/mol. The second-order valence-electron chi connectivity index (χ2n) is 3.58. The van der Waals surface area contributed by atoms with Gasteiger partial charge < -0.3 is 5.11 Å². The summed E-state index contributed by atoms with van der Waals surface area (Å²) in [7, 11) is 0. The molecule has 0 bridgehead atoms. The minimum Gasteiger partial charge on any atom is -0.478 e. The van der Waals surface area contributed by atoms with Crippen molar-refractivity contribution in [2.45, 2.75) is 6.92 Å². The van der Waals surface area contributed by atoms with Gasteiger partial charge in [-0.3, -0.25) is 0 Å². The van der Waals surface area contributed by atoms with Crippen molar-refractivity contribution in [2.75, 3.05) is 0 Å². The first kappa shape index (κ1) is 10.4. The van der Waals surface area contributed by atoms with Crippen LogP contribution in [0.2, 0.25) is 0 Å². The first-order valence-electron chi connectivity index (χ1n) is 4.99. The lowest BCUT2D eigenvalue weighted by atomic mass is 10.1. The molecule has 1 N–H and O–H groups in total. The lowest BCUT2D eigenvalue weighted by Gasteiger charge is -1.98. The molecule has 2 aromatic rings. The smallest absolute Gasteiger partial charge is 0.334 e. The molecule has 3 heteroatoms. The number of aryl methyl sites for hydroxylation is 1. The molecule has 3 nitrogen and oxygen atoms in total. The first-order chi connectivity index (χ1) is 7.68. The number of nitrogens with zero attached hydrogens (tertiary/aromatic N) is 1. The van der Waals surface area contributed by atoms with Crippen LogP contribution in [0.25, 0.3) is 17.1 Å². The van der Waals surface area contributed by atoms with Crippen LogP contribution in [0.1, 0.15) is 5.56 Å². The molecule has 1 heterocycles. The molecule has 0 aliphatic heterocycles. The lowest BCUT2D eigenvalue weighted by molar-refractivity contribution is -0.538. The molecule has 0 radical (unpaired) electrons. The van der Waals surface area contributed by atoms with Gasteiger partial charge in [-0.25, -0.2) is 4.79 Å². The molecule has 0 amide bonds. The number of hydrogen-bond acceptors (Lipinski definition) is 1. The van der Waals surface area contributed by atoms with E-state index < -0.39 is 5.97 Å². The molecule has 0 aliphatic rings. The van der Waals surface area contributed by atoms with Crippen molar-refractivity contribution in [3.05, 3.63) is 48.2 Å². The van der Waals surface area contributed by atoms with Gasteiger partial charge in [-0.05, 0) is 18.6 Å². The Morgan fingerprint density at radius 2 is 2.06 bits per heavy atom. The van der Waals surface area contributed by atoms with E-state index in [9.17, 15) is 4.79 Å². The Hall–Kier alpha value is -2.16. The van der Waals surface area contributed by atoms with Crippen LogP contribution >= 0.6 is 0 Å². The molecule has 0 saturated carbocycles. The van der Waals surface area contributed by atoms with Crippen molar-refractivity contribution in [1.29, 1.82) is 0 Å². The minimum atomic E-state index is -0.947. The van der Waals surface area contributed by atoms with Crippen LogP contribution in [0.5, 0.6) is 0 Å². The SMILES string of the molecule is Cc1cc[n+](/C=C/C(=O)O)c2ccccc12. The van der Waals surface area contributed by atoms with Gasteiger partial charge in [0.2, 0.25) is 5.52 Å². The zero-order chi connectivity index (χ0) is 11.5. The third-order valence-electron chi connectivity index (χ3n) is 2.47. The molecule has 0 atom stereocenters. The molecule has 0 unspecified atom stereocenters. The largest absolute Gasteiger partial charge is 0.478 e. The number of para-hydroxylation sites is 1. The van der Waals surface area contributed by atoms with Crippen molar-refractivity contribution < 1.29 is 14.5 Å². The van der Waals surface area contributed by atoms with Gasteiger partial charge in [0, 0.05) is 17.5 Å². The summed E-state index contributed by atoms with van der Waals surface area (Å²) in [5, 5.41) is 9.73. The van der Waals surface area contributed by atoms with Crippen LogP contribution in [0.15, 0.2) is 42.6 Å². The summed E-state index contributed by atoms with van der Waals surface area (Å²) in [6.45, 7) is 2.04. The molecule has 2 rings (SSSR count).